The Morgan fingerprint density at radius 2 is 1.90 bits per heavy atom. The zero-order chi connectivity index (χ0) is 20.6. The molecule has 29 heavy (non-hydrogen) atoms. The predicted octanol–water partition coefficient (Wildman–Crippen LogP) is 3.78. The minimum absolute atomic E-state index is 0.128. The van der Waals surface area contributed by atoms with Gasteiger partial charge in [-0.3, -0.25) is 9.78 Å². The highest BCUT2D eigenvalue weighted by atomic mass is 16.5. The molecule has 6 nitrogen and oxygen atoms in total. The van der Waals surface area contributed by atoms with Gasteiger partial charge in [0, 0.05) is 18.0 Å². The number of pyridine rings is 1. The lowest BCUT2D eigenvalue weighted by molar-refractivity contribution is -0.115. The van der Waals surface area contributed by atoms with Gasteiger partial charge in [0.1, 0.15) is 0 Å². The second kappa shape index (κ2) is 9.89. The molecular formula is C23H27N3O3. The van der Waals surface area contributed by atoms with E-state index in [-0.39, 0.29) is 12.5 Å². The van der Waals surface area contributed by atoms with Crippen LogP contribution in [0.2, 0.25) is 0 Å². The average molecular weight is 393 g/mol. The van der Waals surface area contributed by atoms with Crippen LogP contribution in [0.4, 0.5) is 5.69 Å². The number of amides is 1. The monoisotopic (exact) mass is 393 g/mol. The summed E-state index contributed by atoms with van der Waals surface area (Å²) in [5.74, 6) is 0.949. The van der Waals surface area contributed by atoms with Gasteiger partial charge in [0.25, 0.3) is 0 Å². The maximum atomic E-state index is 12.5. The lowest BCUT2D eigenvalue weighted by Crippen LogP contribution is -2.29. The van der Waals surface area contributed by atoms with E-state index < -0.39 is 0 Å². The van der Waals surface area contributed by atoms with Crippen LogP contribution < -0.4 is 20.1 Å². The molecule has 0 aliphatic rings. The molecule has 0 radical (unpaired) electrons. The third-order valence-electron chi connectivity index (χ3n) is 4.72. The molecule has 1 aromatic heterocycles. The molecule has 0 spiro atoms. The highest BCUT2D eigenvalue weighted by Crippen LogP contribution is 2.39. The summed E-state index contributed by atoms with van der Waals surface area (Å²) in [4.78, 5) is 17.1. The molecule has 2 aromatic carbocycles. The molecular weight excluding hydrogens is 366 g/mol. The number of hydrogen-bond acceptors (Lipinski definition) is 5. The van der Waals surface area contributed by atoms with Gasteiger partial charge in [0.2, 0.25) is 5.91 Å². The topological polar surface area (TPSA) is 72.5 Å². The summed E-state index contributed by atoms with van der Waals surface area (Å²) in [7, 11) is 3.15. The second-order valence-corrected chi connectivity index (χ2v) is 6.72. The average Bonchev–Trinajstić information content (AvgIpc) is 2.75. The molecule has 3 rings (SSSR count). The molecule has 2 N–H and O–H groups in total. The number of methoxy groups -OCH3 is 2. The molecule has 0 fully saturated rings. The standard InChI is InChI=1S/C23H27N3O3/c1-4-12-24-15-21(27)26-22-17(9-10-20(28-2)23(22)29-3)14-19-18-8-6-5-7-16(18)11-13-25-19/h5-11,13,24H,4,12,14-15H2,1-3H3,(H,26,27). The first-order chi connectivity index (χ1) is 14.2. The van der Waals surface area contributed by atoms with Crippen molar-refractivity contribution in [3.8, 4) is 11.5 Å². The fourth-order valence-corrected chi connectivity index (χ4v) is 3.32. The van der Waals surface area contributed by atoms with Gasteiger partial charge in [-0.1, -0.05) is 37.3 Å². The van der Waals surface area contributed by atoms with Crippen molar-refractivity contribution in [2.75, 3.05) is 32.6 Å². The van der Waals surface area contributed by atoms with Crippen LogP contribution in [-0.2, 0) is 11.2 Å². The molecule has 1 heterocycles. The van der Waals surface area contributed by atoms with Gasteiger partial charge in [-0.25, -0.2) is 0 Å². The van der Waals surface area contributed by atoms with E-state index in [4.69, 9.17) is 9.47 Å². The maximum Gasteiger partial charge on any atom is 0.238 e. The molecule has 0 aliphatic heterocycles. The van der Waals surface area contributed by atoms with Crippen molar-refractivity contribution < 1.29 is 14.3 Å². The number of hydrogen-bond donors (Lipinski definition) is 2. The van der Waals surface area contributed by atoms with E-state index in [1.54, 1.807) is 14.2 Å². The Balaban J connectivity index is 1.98. The van der Waals surface area contributed by atoms with Crippen LogP contribution in [0.25, 0.3) is 10.8 Å². The number of carbonyl (C=O) groups is 1. The Kier molecular flexibility index (Phi) is 7.03. The number of nitrogens with zero attached hydrogens (tertiary/aromatic N) is 1. The molecule has 152 valence electrons. The normalized spacial score (nSPS) is 10.7. The van der Waals surface area contributed by atoms with Gasteiger partial charge < -0.3 is 20.1 Å². The van der Waals surface area contributed by atoms with Crippen molar-refractivity contribution in [1.29, 1.82) is 0 Å². The van der Waals surface area contributed by atoms with Crippen molar-refractivity contribution in [3.05, 3.63) is 59.9 Å². The zero-order valence-electron chi connectivity index (χ0n) is 17.1. The largest absolute Gasteiger partial charge is 0.493 e. The number of fused-ring (bicyclic) bond motifs is 1. The van der Waals surface area contributed by atoms with E-state index in [2.05, 4.69) is 34.7 Å². The third kappa shape index (κ3) is 4.84. The van der Waals surface area contributed by atoms with Crippen molar-refractivity contribution in [3.63, 3.8) is 0 Å². The Labute approximate surface area is 171 Å². The SMILES string of the molecule is CCCNCC(=O)Nc1c(Cc2nccc3ccccc23)ccc(OC)c1OC. The molecule has 0 unspecified atom stereocenters. The first-order valence-electron chi connectivity index (χ1n) is 9.75. The minimum Gasteiger partial charge on any atom is -0.493 e. The highest BCUT2D eigenvalue weighted by Gasteiger charge is 2.18. The summed E-state index contributed by atoms with van der Waals surface area (Å²) >= 11 is 0. The van der Waals surface area contributed by atoms with Gasteiger partial charge in [-0.2, -0.15) is 0 Å². The third-order valence-corrected chi connectivity index (χ3v) is 4.72. The Morgan fingerprint density at radius 1 is 1.07 bits per heavy atom. The summed E-state index contributed by atoms with van der Waals surface area (Å²) in [6.45, 7) is 3.08. The smallest absolute Gasteiger partial charge is 0.238 e. The van der Waals surface area contributed by atoms with Crippen LogP contribution in [0.5, 0.6) is 11.5 Å². The van der Waals surface area contributed by atoms with Crippen LogP contribution >= 0.6 is 0 Å². The van der Waals surface area contributed by atoms with E-state index in [1.807, 2.05) is 36.5 Å². The number of benzene rings is 2. The van der Waals surface area contributed by atoms with E-state index in [1.165, 1.54) is 0 Å². The molecule has 0 atom stereocenters. The Bertz CT molecular complexity index is 983. The maximum absolute atomic E-state index is 12.5. The number of aromatic nitrogens is 1. The Morgan fingerprint density at radius 3 is 2.66 bits per heavy atom. The number of carbonyl (C=O) groups excluding carboxylic acids is 1. The van der Waals surface area contributed by atoms with Crippen LogP contribution in [-0.4, -0.2) is 38.2 Å². The highest BCUT2D eigenvalue weighted by molar-refractivity contribution is 5.95. The zero-order valence-corrected chi connectivity index (χ0v) is 17.1. The fourth-order valence-electron chi connectivity index (χ4n) is 3.32. The first kappa shape index (κ1) is 20.6. The van der Waals surface area contributed by atoms with E-state index in [0.717, 1.165) is 35.0 Å². The number of nitrogens with one attached hydrogen (secondary N) is 2. The molecule has 0 saturated carbocycles. The fraction of sp³-hybridized carbons (Fsp3) is 0.304. The lowest BCUT2D eigenvalue weighted by Gasteiger charge is -2.18. The molecule has 6 heteroatoms. The molecule has 0 saturated heterocycles. The second-order valence-electron chi connectivity index (χ2n) is 6.72. The molecule has 3 aromatic rings. The number of rotatable bonds is 9. The lowest BCUT2D eigenvalue weighted by atomic mass is 10.0. The minimum atomic E-state index is -0.128. The molecule has 1 amide bonds. The predicted molar refractivity (Wildman–Crippen MR) is 116 cm³/mol. The van der Waals surface area contributed by atoms with E-state index in [9.17, 15) is 4.79 Å². The Hall–Kier alpha value is -3.12. The van der Waals surface area contributed by atoms with Gasteiger partial charge in [0.05, 0.1) is 32.1 Å². The summed E-state index contributed by atoms with van der Waals surface area (Å²) in [6.07, 6.45) is 3.33. The van der Waals surface area contributed by atoms with Crippen molar-refractivity contribution >= 4 is 22.4 Å². The van der Waals surface area contributed by atoms with Crippen molar-refractivity contribution in [2.24, 2.45) is 0 Å². The quantitative estimate of drug-likeness (QED) is 0.541. The summed E-state index contributed by atoms with van der Waals surface area (Å²) in [5, 5.41) is 8.34. The number of anilines is 1. The number of ether oxygens (including phenoxy) is 2. The van der Waals surface area contributed by atoms with E-state index >= 15 is 0 Å². The van der Waals surface area contributed by atoms with Crippen LogP contribution in [0.15, 0.2) is 48.7 Å². The summed E-state index contributed by atoms with van der Waals surface area (Å²) < 4.78 is 11.0. The van der Waals surface area contributed by atoms with Crippen molar-refractivity contribution in [1.82, 2.24) is 10.3 Å². The molecule has 0 bridgehead atoms. The van der Waals surface area contributed by atoms with E-state index in [0.29, 0.717) is 23.6 Å². The van der Waals surface area contributed by atoms with Crippen LogP contribution in [0.3, 0.4) is 0 Å². The van der Waals surface area contributed by atoms with Crippen LogP contribution in [0.1, 0.15) is 24.6 Å². The molecule has 0 aliphatic carbocycles. The summed E-state index contributed by atoms with van der Waals surface area (Å²) in [6, 6.07) is 13.9. The van der Waals surface area contributed by atoms with Crippen molar-refractivity contribution in [2.45, 2.75) is 19.8 Å². The van der Waals surface area contributed by atoms with Gasteiger partial charge in [0.15, 0.2) is 11.5 Å². The first-order valence-corrected chi connectivity index (χ1v) is 9.75. The summed E-state index contributed by atoms with van der Waals surface area (Å²) in [5.41, 5.74) is 2.47. The van der Waals surface area contributed by atoms with Gasteiger partial charge >= 0.3 is 0 Å². The van der Waals surface area contributed by atoms with Crippen LogP contribution in [0, 0.1) is 0 Å². The van der Waals surface area contributed by atoms with Gasteiger partial charge in [-0.15, -0.1) is 0 Å². The van der Waals surface area contributed by atoms with Gasteiger partial charge in [-0.05, 0) is 36.0 Å².